The van der Waals surface area contributed by atoms with Crippen LogP contribution in [-0.4, -0.2) is 31.7 Å². The van der Waals surface area contributed by atoms with Crippen LogP contribution >= 0.6 is 0 Å². The molecular formula is C13H20BrN3O4S. The maximum atomic E-state index is 11.4. The summed E-state index contributed by atoms with van der Waals surface area (Å²) >= 11 is 0. The summed E-state index contributed by atoms with van der Waals surface area (Å²) < 4.78 is 24.7. The fourth-order valence-electron chi connectivity index (χ4n) is 1.89. The van der Waals surface area contributed by atoms with Gasteiger partial charge in [-0.25, -0.2) is 13.0 Å². The molecule has 2 amide bonds. The second-order valence-electron chi connectivity index (χ2n) is 4.81. The first-order chi connectivity index (χ1) is 9.80. The number of hydrogen-bond acceptors (Lipinski definition) is 4. The smallest absolute Gasteiger partial charge is 0.254 e. The highest BCUT2D eigenvalue weighted by molar-refractivity contribution is 7.92. The van der Waals surface area contributed by atoms with Crippen LogP contribution in [0.15, 0.2) is 24.5 Å². The van der Waals surface area contributed by atoms with Crippen LogP contribution in [0.25, 0.3) is 0 Å². The van der Waals surface area contributed by atoms with Gasteiger partial charge in [-0.15, -0.1) is 0 Å². The minimum atomic E-state index is -3.39. The van der Waals surface area contributed by atoms with Gasteiger partial charge in [0.2, 0.25) is 5.91 Å². The Bertz CT molecular complexity index is 619. The number of nitrogens with zero attached hydrogens (tertiary/aromatic N) is 1. The van der Waals surface area contributed by atoms with Gasteiger partial charge in [-0.05, 0) is 18.9 Å². The molecule has 7 nitrogen and oxygen atoms in total. The zero-order chi connectivity index (χ0) is 15.9. The molecule has 22 heavy (non-hydrogen) atoms. The predicted molar refractivity (Wildman–Crippen MR) is 76.9 cm³/mol. The highest BCUT2D eigenvalue weighted by Gasteiger charge is 2.14. The molecule has 0 fully saturated rings. The molecule has 1 aromatic heterocycles. The van der Waals surface area contributed by atoms with Crippen molar-refractivity contribution in [3.8, 4) is 0 Å². The van der Waals surface area contributed by atoms with Gasteiger partial charge in [0.25, 0.3) is 5.91 Å². The molecule has 124 valence electrons. The van der Waals surface area contributed by atoms with Crippen LogP contribution in [0.3, 0.4) is 0 Å². The molecule has 0 bridgehead atoms. The third kappa shape index (κ3) is 8.08. The number of pyridine rings is 1. The Morgan fingerprint density at radius 3 is 2.41 bits per heavy atom. The van der Waals surface area contributed by atoms with Gasteiger partial charge >= 0.3 is 0 Å². The number of halogens is 1. The summed E-state index contributed by atoms with van der Waals surface area (Å²) in [4.78, 5) is 21.6. The number of rotatable bonds is 9. The van der Waals surface area contributed by atoms with Crippen molar-refractivity contribution in [3.63, 3.8) is 0 Å². The fourth-order valence-corrected chi connectivity index (χ4v) is 3.11. The molecule has 1 heterocycles. The standard InChI is InChI=1S/C13H19N3O4S.BrH/c14-12(17)10-21(19,20)8-3-1-2-6-16-7-4-5-11(9-16)13(15)18;/h4-5,7,9H,1-3,6,8,10H2,(H3-,14,15,17,18);1H. The Labute approximate surface area is 140 Å². The molecule has 0 aliphatic rings. The zero-order valence-corrected chi connectivity index (χ0v) is 14.5. The summed E-state index contributed by atoms with van der Waals surface area (Å²) in [5.74, 6) is -1.94. The van der Waals surface area contributed by atoms with Crippen LogP contribution in [0.5, 0.6) is 0 Å². The second-order valence-corrected chi connectivity index (χ2v) is 7.00. The van der Waals surface area contributed by atoms with Gasteiger partial charge in [0.15, 0.2) is 22.2 Å². The van der Waals surface area contributed by atoms with Crippen molar-refractivity contribution in [1.82, 2.24) is 0 Å². The van der Waals surface area contributed by atoms with E-state index in [0.29, 0.717) is 24.9 Å². The molecule has 0 aromatic carbocycles. The molecule has 0 saturated heterocycles. The van der Waals surface area contributed by atoms with E-state index >= 15 is 0 Å². The molecular weight excluding hydrogens is 374 g/mol. The van der Waals surface area contributed by atoms with Crippen molar-refractivity contribution in [3.05, 3.63) is 30.1 Å². The van der Waals surface area contributed by atoms with Crippen LogP contribution in [0.2, 0.25) is 0 Å². The van der Waals surface area contributed by atoms with Gasteiger partial charge in [-0.3, -0.25) is 9.59 Å². The minimum absolute atomic E-state index is 0. The van der Waals surface area contributed by atoms with Crippen molar-refractivity contribution in [2.24, 2.45) is 11.5 Å². The van der Waals surface area contributed by atoms with Gasteiger partial charge in [0.05, 0.1) is 5.75 Å². The van der Waals surface area contributed by atoms with Gasteiger partial charge in [0, 0.05) is 12.5 Å². The van der Waals surface area contributed by atoms with E-state index < -0.39 is 27.4 Å². The van der Waals surface area contributed by atoms with Crippen LogP contribution in [-0.2, 0) is 21.2 Å². The van der Waals surface area contributed by atoms with Gasteiger partial charge in [0.1, 0.15) is 17.9 Å². The monoisotopic (exact) mass is 393 g/mol. The molecule has 0 radical (unpaired) electrons. The Balaban J connectivity index is 0.00000441. The van der Waals surface area contributed by atoms with E-state index in [-0.39, 0.29) is 22.7 Å². The molecule has 0 aliphatic heterocycles. The van der Waals surface area contributed by atoms with E-state index in [9.17, 15) is 18.0 Å². The Morgan fingerprint density at radius 1 is 1.14 bits per heavy atom. The van der Waals surface area contributed by atoms with Gasteiger partial charge in [-0.2, -0.15) is 0 Å². The van der Waals surface area contributed by atoms with Crippen LogP contribution in [0.1, 0.15) is 29.6 Å². The number of unbranched alkanes of at least 4 members (excludes halogenated alkanes) is 2. The lowest BCUT2D eigenvalue weighted by Gasteiger charge is -2.02. The molecule has 0 saturated carbocycles. The molecule has 1 aromatic rings. The van der Waals surface area contributed by atoms with Crippen LogP contribution in [0, 0.1) is 0 Å². The summed E-state index contributed by atoms with van der Waals surface area (Å²) in [7, 11) is -3.39. The average molecular weight is 394 g/mol. The molecule has 0 unspecified atom stereocenters. The highest BCUT2D eigenvalue weighted by atomic mass is 79.9. The van der Waals surface area contributed by atoms with Crippen molar-refractivity contribution in [2.45, 2.75) is 25.8 Å². The second kappa shape index (κ2) is 9.52. The number of hydrogen-bond donors (Lipinski definition) is 2. The van der Waals surface area contributed by atoms with Gasteiger partial charge < -0.3 is 28.4 Å². The predicted octanol–water partition coefficient (Wildman–Crippen LogP) is -3.85. The van der Waals surface area contributed by atoms with E-state index in [1.807, 2.05) is 10.8 Å². The lowest BCUT2D eigenvalue weighted by atomic mass is 10.2. The average Bonchev–Trinajstić information content (AvgIpc) is 2.37. The van der Waals surface area contributed by atoms with E-state index in [2.05, 4.69) is 0 Å². The van der Waals surface area contributed by atoms with E-state index in [4.69, 9.17) is 11.5 Å². The van der Waals surface area contributed by atoms with Crippen LogP contribution < -0.4 is 33.0 Å². The topological polar surface area (TPSA) is 124 Å². The van der Waals surface area contributed by atoms with E-state index in [1.165, 1.54) is 0 Å². The summed E-state index contributed by atoms with van der Waals surface area (Å²) in [6, 6.07) is 3.37. The normalized spacial score (nSPS) is 10.7. The molecule has 1 rings (SSSR count). The lowest BCUT2D eigenvalue weighted by molar-refractivity contribution is -0.697. The number of carbonyl (C=O) groups is 2. The summed E-state index contributed by atoms with van der Waals surface area (Å²) in [5, 5.41) is 0. The van der Waals surface area contributed by atoms with Crippen molar-refractivity contribution < 1.29 is 39.6 Å². The number of primary amides is 2. The van der Waals surface area contributed by atoms with Gasteiger partial charge in [-0.1, -0.05) is 0 Å². The number of carbonyl (C=O) groups excluding carboxylic acids is 2. The lowest BCUT2D eigenvalue weighted by Crippen LogP contribution is -3.00. The maximum Gasteiger partial charge on any atom is 0.254 e. The summed E-state index contributed by atoms with van der Waals surface area (Å²) in [6.45, 7) is 0.664. The molecule has 4 N–H and O–H groups in total. The van der Waals surface area contributed by atoms with Crippen molar-refractivity contribution in [1.29, 1.82) is 0 Å². The largest absolute Gasteiger partial charge is 1.00 e. The number of nitrogens with two attached hydrogens (primary N) is 2. The van der Waals surface area contributed by atoms with Crippen LogP contribution in [0.4, 0.5) is 0 Å². The maximum absolute atomic E-state index is 11.4. The Kier molecular flexibility index (Phi) is 8.88. The first-order valence-electron chi connectivity index (χ1n) is 6.58. The number of aromatic nitrogens is 1. The zero-order valence-electron chi connectivity index (χ0n) is 12.1. The summed E-state index contributed by atoms with van der Waals surface area (Å²) in [6.07, 6.45) is 5.42. The highest BCUT2D eigenvalue weighted by Crippen LogP contribution is 2.01. The third-order valence-electron chi connectivity index (χ3n) is 2.88. The SMILES string of the molecule is NC(=O)CS(=O)(=O)CCCCC[n+]1cccc(C(N)=O)c1.[Br-]. The molecule has 0 atom stereocenters. The molecule has 0 spiro atoms. The number of amides is 2. The quantitative estimate of drug-likeness (QED) is 0.329. The number of sulfone groups is 1. The van der Waals surface area contributed by atoms with Crippen molar-refractivity contribution >= 4 is 21.7 Å². The fraction of sp³-hybridized carbons (Fsp3) is 0.462. The first-order valence-corrected chi connectivity index (χ1v) is 8.40. The summed E-state index contributed by atoms with van der Waals surface area (Å²) in [5.41, 5.74) is 10.5. The molecule has 9 heteroatoms. The first kappa shape index (κ1) is 20.5. The Hall–Kier alpha value is -1.48. The number of aryl methyl sites for hydroxylation is 1. The van der Waals surface area contributed by atoms with E-state index in [0.717, 1.165) is 6.42 Å². The molecule has 0 aliphatic carbocycles. The van der Waals surface area contributed by atoms with Crippen molar-refractivity contribution in [2.75, 3.05) is 11.5 Å². The third-order valence-corrected chi connectivity index (χ3v) is 4.51. The van der Waals surface area contributed by atoms with E-state index in [1.54, 1.807) is 18.3 Å². The minimum Gasteiger partial charge on any atom is -1.00 e. The Morgan fingerprint density at radius 2 is 1.82 bits per heavy atom.